The molecule has 0 atom stereocenters. The number of ether oxygens (including phenoxy) is 2. The summed E-state index contributed by atoms with van der Waals surface area (Å²) in [5.41, 5.74) is 3.66. The monoisotopic (exact) mass is 446 g/mol. The number of nitrogens with zero attached hydrogens (tertiary/aromatic N) is 3. The maximum Gasteiger partial charge on any atom is 0.229 e. The molecule has 33 heavy (non-hydrogen) atoms. The topological polar surface area (TPSA) is 78.3 Å². The quantitative estimate of drug-likeness (QED) is 0.453. The average Bonchev–Trinajstić information content (AvgIpc) is 3.15. The van der Waals surface area contributed by atoms with Gasteiger partial charge in [0.15, 0.2) is 0 Å². The molecule has 0 unspecified atom stereocenters. The second kappa shape index (κ2) is 9.52. The molecule has 4 rings (SSSR count). The number of amides is 1. The lowest BCUT2D eigenvalue weighted by atomic mass is 10.0. The fourth-order valence-corrected chi connectivity index (χ4v) is 3.60. The van der Waals surface area contributed by atoms with E-state index in [1.807, 2.05) is 12.1 Å². The van der Waals surface area contributed by atoms with Gasteiger partial charge in [0, 0.05) is 31.1 Å². The smallest absolute Gasteiger partial charge is 0.229 e. The van der Waals surface area contributed by atoms with Crippen molar-refractivity contribution in [1.29, 1.82) is 0 Å². The highest BCUT2D eigenvalue weighted by Gasteiger charge is 2.21. The summed E-state index contributed by atoms with van der Waals surface area (Å²) in [5.74, 6) is 1.18. The van der Waals surface area contributed by atoms with Crippen molar-refractivity contribution in [3.63, 3.8) is 0 Å². The Morgan fingerprint density at radius 3 is 2.21 bits per heavy atom. The third-order valence-electron chi connectivity index (χ3n) is 5.17. The van der Waals surface area contributed by atoms with Crippen LogP contribution in [0.4, 0.5) is 10.2 Å². The number of rotatable bonds is 7. The largest absolute Gasteiger partial charge is 0.497 e. The minimum Gasteiger partial charge on any atom is -0.497 e. The molecule has 1 amide bonds. The van der Waals surface area contributed by atoms with Gasteiger partial charge in [0.2, 0.25) is 5.91 Å². The third kappa shape index (κ3) is 4.85. The number of carbonyl (C=O) groups is 1. The maximum atomic E-state index is 13.5. The van der Waals surface area contributed by atoms with Gasteiger partial charge in [-0.05, 0) is 59.7 Å². The Bertz CT molecular complexity index is 1250. The molecule has 8 heteroatoms. The first kappa shape index (κ1) is 22.0. The fraction of sp³-hybridized carbons (Fsp3) is 0.160. The van der Waals surface area contributed by atoms with Gasteiger partial charge in [0.05, 0.1) is 26.2 Å². The van der Waals surface area contributed by atoms with E-state index < -0.39 is 0 Å². The van der Waals surface area contributed by atoms with E-state index in [1.54, 1.807) is 68.7 Å². The van der Waals surface area contributed by atoms with E-state index in [1.165, 1.54) is 12.1 Å². The van der Waals surface area contributed by atoms with Gasteiger partial charge in [0.25, 0.3) is 0 Å². The average molecular weight is 446 g/mol. The molecule has 0 saturated heterocycles. The van der Waals surface area contributed by atoms with Crippen molar-refractivity contribution in [1.82, 2.24) is 14.8 Å². The molecule has 0 aliphatic rings. The van der Waals surface area contributed by atoms with Crippen LogP contribution < -0.4 is 14.8 Å². The van der Waals surface area contributed by atoms with E-state index in [0.29, 0.717) is 23.0 Å². The second-order valence-electron chi connectivity index (χ2n) is 7.38. The minimum atomic E-state index is -0.331. The van der Waals surface area contributed by atoms with Gasteiger partial charge in [-0.1, -0.05) is 0 Å². The van der Waals surface area contributed by atoms with Crippen molar-refractivity contribution in [2.75, 3.05) is 19.5 Å². The summed E-state index contributed by atoms with van der Waals surface area (Å²) in [7, 11) is 4.88. The van der Waals surface area contributed by atoms with E-state index in [0.717, 1.165) is 22.3 Å². The van der Waals surface area contributed by atoms with Crippen LogP contribution in [0.25, 0.3) is 22.4 Å². The number of hydrogen-bond acceptors (Lipinski definition) is 5. The minimum absolute atomic E-state index is 0.112. The van der Waals surface area contributed by atoms with Crippen molar-refractivity contribution in [3.05, 3.63) is 78.4 Å². The number of methoxy groups -OCH3 is 2. The standard InChI is InChI=1S/C25H23FN4O3/c1-30-25(28-22(31)14-16-12-20(32-2)15-21(13-16)33-3)23(17-8-10-27-11-9-17)24(29-30)18-4-6-19(26)7-5-18/h4-13,15H,14H2,1-3H3,(H,28,31). The zero-order valence-electron chi connectivity index (χ0n) is 18.5. The van der Waals surface area contributed by atoms with E-state index in [2.05, 4.69) is 15.4 Å². The van der Waals surface area contributed by atoms with Crippen LogP contribution in [0.1, 0.15) is 5.56 Å². The molecule has 0 fully saturated rings. The van der Waals surface area contributed by atoms with Crippen molar-refractivity contribution >= 4 is 11.7 Å². The lowest BCUT2D eigenvalue weighted by Gasteiger charge is -2.11. The highest BCUT2D eigenvalue weighted by Crippen LogP contribution is 2.37. The lowest BCUT2D eigenvalue weighted by Crippen LogP contribution is -2.17. The Kier molecular flexibility index (Phi) is 6.35. The van der Waals surface area contributed by atoms with Gasteiger partial charge in [-0.25, -0.2) is 4.39 Å². The highest BCUT2D eigenvalue weighted by atomic mass is 19.1. The molecular formula is C25H23FN4O3. The molecule has 0 spiro atoms. The molecular weight excluding hydrogens is 423 g/mol. The molecule has 2 aromatic carbocycles. The van der Waals surface area contributed by atoms with Crippen LogP contribution in [0.15, 0.2) is 67.0 Å². The number of benzene rings is 2. The molecule has 0 bridgehead atoms. The lowest BCUT2D eigenvalue weighted by molar-refractivity contribution is -0.115. The molecule has 2 heterocycles. The number of hydrogen-bond donors (Lipinski definition) is 1. The summed E-state index contributed by atoms with van der Waals surface area (Å²) < 4.78 is 25.7. The van der Waals surface area contributed by atoms with Gasteiger partial charge in [-0.2, -0.15) is 5.10 Å². The summed E-state index contributed by atoms with van der Waals surface area (Å²) in [6.45, 7) is 0. The number of pyridine rings is 1. The summed E-state index contributed by atoms with van der Waals surface area (Å²) in [5, 5.41) is 7.61. The first-order chi connectivity index (χ1) is 16.0. The van der Waals surface area contributed by atoms with Crippen LogP contribution >= 0.6 is 0 Å². The second-order valence-corrected chi connectivity index (χ2v) is 7.38. The maximum absolute atomic E-state index is 13.5. The van der Waals surface area contributed by atoms with Gasteiger partial charge in [-0.15, -0.1) is 0 Å². The molecule has 168 valence electrons. The van der Waals surface area contributed by atoms with Gasteiger partial charge in [0.1, 0.15) is 28.8 Å². The summed E-state index contributed by atoms with van der Waals surface area (Å²) >= 11 is 0. The first-order valence-corrected chi connectivity index (χ1v) is 10.2. The first-order valence-electron chi connectivity index (χ1n) is 10.2. The van der Waals surface area contributed by atoms with Crippen LogP contribution in [-0.4, -0.2) is 34.9 Å². The van der Waals surface area contributed by atoms with Gasteiger partial charge < -0.3 is 14.8 Å². The van der Waals surface area contributed by atoms with Crippen molar-refractivity contribution in [2.24, 2.45) is 7.05 Å². The van der Waals surface area contributed by atoms with Gasteiger partial charge in [-0.3, -0.25) is 14.5 Å². The molecule has 0 aliphatic heterocycles. The van der Waals surface area contributed by atoms with Crippen LogP contribution in [0.3, 0.4) is 0 Å². The number of halogens is 1. The number of aryl methyl sites for hydroxylation is 1. The molecule has 0 saturated carbocycles. The Morgan fingerprint density at radius 1 is 0.970 bits per heavy atom. The molecule has 4 aromatic rings. The molecule has 0 radical (unpaired) electrons. The Balaban J connectivity index is 1.70. The summed E-state index contributed by atoms with van der Waals surface area (Å²) in [6, 6.07) is 15.1. The number of aromatic nitrogens is 3. The highest BCUT2D eigenvalue weighted by molar-refractivity contribution is 5.99. The van der Waals surface area contributed by atoms with Crippen LogP contribution in [0.5, 0.6) is 11.5 Å². The predicted octanol–water partition coefficient (Wildman–Crippen LogP) is 4.49. The normalized spacial score (nSPS) is 10.7. The summed E-state index contributed by atoms with van der Waals surface area (Å²) in [4.78, 5) is 17.1. The van der Waals surface area contributed by atoms with Crippen LogP contribution in [-0.2, 0) is 18.3 Å². The molecule has 2 aromatic heterocycles. The van der Waals surface area contributed by atoms with Crippen molar-refractivity contribution < 1.29 is 18.7 Å². The van der Waals surface area contributed by atoms with Crippen LogP contribution in [0.2, 0.25) is 0 Å². The van der Waals surface area contributed by atoms with E-state index in [-0.39, 0.29) is 18.1 Å². The Hall–Kier alpha value is -4.20. The van der Waals surface area contributed by atoms with E-state index >= 15 is 0 Å². The number of nitrogens with one attached hydrogen (secondary N) is 1. The van der Waals surface area contributed by atoms with Crippen LogP contribution in [0, 0.1) is 5.82 Å². The van der Waals surface area contributed by atoms with Gasteiger partial charge >= 0.3 is 0 Å². The third-order valence-corrected chi connectivity index (χ3v) is 5.17. The number of anilines is 1. The van der Waals surface area contributed by atoms with E-state index in [9.17, 15) is 9.18 Å². The van der Waals surface area contributed by atoms with Crippen molar-refractivity contribution in [3.8, 4) is 33.9 Å². The van der Waals surface area contributed by atoms with Crippen molar-refractivity contribution in [2.45, 2.75) is 6.42 Å². The molecule has 1 N–H and O–H groups in total. The fourth-order valence-electron chi connectivity index (χ4n) is 3.60. The predicted molar refractivity (Wildman–Crippen MR) is 124 cm³/mol. The number of carbonyl (C=O) groups excluding carboxylic acids is 1. The summed E-state index contributed by atoms with van der Waals surface area (Å²) in [6.07, 6.45) is 3.45. The SMILES string of the molecule is COc1cc(CC(=O)Nc2c(-c3ccncc3)c(-c3ccc(F)cc3)nn2C)cc(OC)c1. The zero-order valence-corrected chi connectivity index (χ0v) is 18.5. The molecule has 0 aliphatic carbocycles. The van der Waals surface area contributed by atoms with E-state index in [4.69, 9.17) is 9.47 Å². The zero-order chi connectivity index (χ0) is 23.4. The Morgan fingerprint density at radius 2 is 1.61 bits per heavy atom. The Labute approximate surface area is 190 Å². The molecule has 7 nitrogen and oxygen atoms in total.